The molecule has 1 aromatic carbocycles. The van der Waals surface area contributed by atoms with Gasteiger partial charge in [0, 0.05) is 23.7 Å². The van der Waals surface area contributed by atoms with Crippen LogP contribution in [0.5, 0.6) is 0 Å². The number of rotatable bonds is 3. The number of hydrogen-bond acceptors (Lipinski definition) is 3. The standard InChI is InChI=1S/C14H14FN3/c15-11-3-1-10(2-4-11)12-5-8-17-13(18-12)14(9-16)6-7-14/h1-5,8H,6-7,9,16H2. The zero-order valence-electron chi connectivity index (χ0n) is 9.94. The first-order chi connectivity index (χ1) is 8.73. The van der Waals surface area contributed by atoms with E-state index < -0.39 is 0 Å². The molecule has 0 unspecified atom stereocenters. The van der Waals surface area contributed by atoms with Gasteiger partial charge in [0.25, 0.3) is 0 Å². The van der Waals surface area contributed by atoms with Crippen molar-refractivity contribution in [1.82, 2.24) is 9.97 Å². The van der Waals surface area contributed by atoms with Crippen LogP contribution in [0.3, 0.4) is 0 Å². The molecule has 0 radical (unpaired) electrons. The fourth-order valence-corrected chi connectivity index (χ4v) is 2.07. The average Bonchev–Trinajstić information content (AvgIpc) is 3.21. The molecule has 18 heavy (non-hydrogen) atoms. The Kier molecular flexibility index (Phi) is 2.59. The topological polar surface area (TPSA) is 51.8 Å². The summed E-state index contributed by atoms with van der Waals surface area (Å²) in [6, 6.07) is 8.16. The van der Waals surface area contributed by atoms with Crippen LogP contribution in [0.2, 0.25) is 0 Å². The quantitative estimate of drug-likeness (QED) is 0.899. The van der Waals surface area contributed by atoms with Crippen LogP contribution in [0.15, 0.2) is 36.5 Å². The van der Waals surface area contributed by atoms with E-state index in [-0.39, 0.29) is 11.2 Å². The minimum atomic E-state index is -0.242. The van der Waals surface area contributed by atoms with Gasteiger partial charge in [0.05, 0.1) is 5.69 Å². The van der Waals surface area contributed by atoms with E-state index in [0.29, 0.717) is 6.54 Å². The Morgan fingerprint density at radius 3 is 2.50 bits per heavy atom. The highest BCUT2D eigenvalue weighted by Crippen LogP contribution is 2.45. The number of hydrogen-bond donors (Lipinski definition) is 1. The van der Waals surface area contributed by atoms with E-state index in [4.69, 9.17) is 5.73 Å². The normalized spacial score (nSPS) is 16.6. The molecule has 1 heterocycles. The molecule has 3 nitrogen and oxygen atoms in total. The molecular formula is C14H14FN3. The second-order valence-electron chi connectivity index (χ2n) is 4.76. The third kappa shape index (κ3) is 1.88. The van der Waals surface area contributed by atoms with Crippen molar-refractivity contribution >= 4 is 0 Å². The molecule has 1 aliphatic carbocycles. The molecule has 0 aliphatic heterocycles. The first-order valence-electron chi connectivity index (χ1n) is 6.03. The summed E-state index contributed by atoms with van der Waals surface area (Å²) in [4.78, 5) is 8.89. The van der Waals surface area contributed by atoms with Crippen molar-refractivity contribution in [3.8, 4) is 11.3 Å². The number of benzene rings is 1. The Hall–Kier alpha value is -1.81. The van der Waals surface area contributed by atoms with Crippen LogP contribution < -0.4 is 5.73 Å². The van der Waals surface area contributed by atoms with Gasteiger partial charge in [0.2, 0.25) is 0 Å². The summed E-state index contributed by atoms with van der Waals surface area (Å²) in [5, 5.41) is 0. The van der Waals surface area contributed by atoms with E-state index in [9.17, 15) is 4.39 Å². The molecule has 1 saturated carbocycles. The largest absolute Gasteiger partial charge is 0.329 e. The van der Waals surface area contributed by atoms with E-state index in [1.807, 2.05) is 6.07 Å². The van der Waals surface area contributed by atoms with Gasteiger partial charge < -0.3 is 5.73 Å². The van der Waals surface area contributed by atoms with Gasteiger partial charge in [0.15, 0.2) is 0 Å². The first kappa shape index (κ1) is 11.3. The Balaban J connectivity index is 1.98. The summed E-state index contributed by atoms with van der Waals surface area (Å²) in [7, 11) is 0. The van der Waals surface area contributed by atoms with Crippen LogP contribution in [-0.4, -0.2) is 16.5 Å². The predicted molar refractivity (Wildman–Crippen MR) is 67.4 cm³/mol. The molecule has 4 heteroatoms. The molecule has 2 N–H and O–H groups in total. The van der Waals surface area contributed by atoms with E-state index in [1.54, 1.807) is 18.3 Å². The molecule has 2 aromatic rings. The van der Waals surface area contributed by atoms with Gasteiger partial charge in [-0.15, -0.1) is 0 Å². The molecule has 0 amide bonds. The van der Waals surface area contributed by atoms with Gasteiger partial charge in [0.1, 0.15) is 11.6 Å². The van der Waals surface area contributed by atoms with Crippen LogP contribution in [-0.2, 0) is 5.41 Å². The lowest BCUT2D eigenvalue weighted by molar-refractivity contribution is 0.628. The lowest BCUT2D eigenvalue weighted by Crippen LogP contribution is -2.22. The SMILES string of the molecule is NCC1(c2nccc(-c3ccc(F)cc3)n2)CC1. The van der Waals surface area contributed by atoms with Gasteiger partial charge >= 0.3 is 0 Å². The molecular weight excluding hydrogens is 229 g/mol. The Morgan fingerprint density at radius 1 is 1.17 bits per heavy atom. The minimum absolute atomic E-state index is 0.0178. The fourth-order valence-electron chi connectivity index (χ4n) is 2.07. The summed E-state index contributed by atoms with van der Waals surface area (Å²) in [5.41, 5.74) is 7.48. The van der Waals surface area contributed by atoms with E-state index >= 15 is 0 Å². The predicted octanol–water partition coefficient (Wildman–Crippen LogP) is 2.27. The first-order valence-corrected chi connectivity index (χ1v) is 6.03. The molecule has 1 aliphatic rings. The maximum Gasteiger partial charge on any atom is 0.136 e. The van der Waals surface area contributed by atoms with Crippen molar-refractivity contribution < 1.29 is 4.39 Å². The monoisotopic (exact) mass is 243 g/mol. The van der Waals surface area contributed by atoms with E-state index in [0.717, 1.165) is 29.9 Å². The van der Waals surface area contributed by atoms with Crippen molar-refractivity contribution in [2.24, 2.45) is 5.73 Å². The van der Waals surface area contributed by atoms with Gasteiger partial charge in [-0.2, -0.15) is 0 Å². The second kappa shape index (κ2) is 4.14. The lowest BCUT2D eigenvalue weighted by atomic mass is 10.1. The number of nitrogens with two attached hydrogens (primary N) is 1. The number of halogens is 1. The van der Waals surface area contributed by atoms with Gasteiger partial charge in [-0.3, -0.25) is 0 Å². The summed E-state index contributed by atoms with van der Waals surface area (Å²) >= 11 is 0. The smallest absolute Gasteiger partial charge is 0.136 e. The van der Waals surface area contributed by atoms with Gasteiger partial charge in [-0.1, -0.05) is 0 Å². The van der Waals surface area contributed by atoms with Crippen molar-refractivity contribution in [2.45, 2.75) is 18.3 Å². The molecule has 0 bridgehead atoms. The van der Waals surface area contributed by atoms with Crippen LogP contribution in [0.4, 0.5) is 4.39 Å². The third-order valence-electron chi connectivity index (χ3n) is 3.51. The molecule has 0 atom stereocenters. The van der Waals surface area contributed by atoms with Crippen LogP contribution in [0.25, 0.3) is 11.3 Å². The third-order valence-corrected chi connectivity index (χ3v) is 3.51. The second-order valence-corrected chi connectivity index (χ2v) is 4.76. The minimum Gasteiger partial charge on any atom is -0.329 e. The van der Waals surface area contributed by atoms with Crippen LogP contribution >= 0.6 is 0 Å². The van der Waals surface area contributed by atoms with E-state index in [1.165, 1.54) is 12.1 Å². The van der Waals surface area contributed by atoms with Crippen molar-refractivity contribution in [3.05, 3.63) is 48.2 Å². The van der Waals surface area contributed by atoms with Crippen molar-refractivity contribution in [3.63, 3.8) is 0 Å². The van der Waals surface area contributed by atoms with Crippen LogP contribution in [0.1, 0.15) is 18.7 Å². The molecule has 0 saturated heterocycles. The molecule has 0 spiro atoms. The lowest BCUT2D eigenvalue weighted by Gasteiger charge is -2.11. The maximum absolute atomic E-state index is 12.9. The molecule has 92 valence electrons. The highest BCUT2D eigenvalue weighted by Gasteiger charge is 2.45. The summed E-state index contributed by atoms with van der Waals surface area (Å²) < 4.78 is 12.9. The van der Waals surface area contributed by atoms with Gasteiger partial charge in [-0.05, 0) is 43.2 Å². The summed E-state index contributed by atoms with van der Waals surface area (Å²) in [6.07, 6.45) is 3.85. The number of nitrogens with zero attached hydrogens (tertiary/aromatic N) is 2. The number of aromatic nitrogens is 2. The van der Waals surface area contributed by atoms with E-state index in [2.05, 4.69) is 9.97 Å². The maximum atomic E-state index is 12.9. The Labute approximate surface area is 105 Å². The molecule has 1 aromatic heterocycles. The van der Waals surface area contributed by atoms with Crippen molar-refractivity contribution in [2.75, 3.05) is 6.54 Å². The molecule has 3 rings (SSSR count). The van der Waals surface area contributed by atoms with Gasteiger partial charge in [-0.25, -0.2) is 14.4 Å². The van der Waals surface area contributed by atoms with Crippen molar-refractivity contribution in [1.29, 1.82) is 0 Å². The fraction of sp³-hybridized carbons (Fsp3) is 0.286. The average molecular weight is 243 g/mol. The zero-order chi connectivity index (χ0) is 12.6. The highest BCUT2D eigenvalue weighted by molar-refractivity contribution is 5.58. The zero-order valence-corrected chi connectivity index (χ0v) is 9.94. The Morgan fingerprint density at radius 2 is 1.89 bits per heavy atom. The molecule has 1 fully saturated rings. The summed E-state index contributed by atoms with van der Waals surface area (Å²) in [5.74, 6) is 0.570. The van der Waals surface area contributed by atoms with Crippen LogP contribution in [0, 0.1) is 5.82 Å². The Bertz CT molecular complexity index is 562. The summed E-state index contributed by atoms with van der Waals surface area (Å²) in [6.45, 7) is 0.583. The highest BCUT2D eigenvalue weighted by atomic mass is 19.1.